The van der Waals surface area contributed by atoms with E-state index in [4.69, 9.17) is 16.7 Å². The first-order valence-corrected chi connectivity index (χ1v) is 13.7. The molecule has 0 aliphatic carbocycles. The van der Waals surface area contributed by atoms with E-state index < -0.39 is 11.8 Å². The van der Waals surface area contributed by atoms with Gasteiger partial charge in [-0.05, 0) is 48.5 Å². The molecule has 4 aromatic carbocycles. The smallest absolute Gasteiger partial charge is 0.313 e. The van der Waals surface area contributed by atoms with Crippen LogP contribution in [0.2, 0.25) is 5.02 Å². The van der Waals surface area contributed by atoms with Crippen LogP contribution in [0.15, 0.2) is 109 Å². The van der Waals surface area contributed by atoms with Crippen molar-refractivity contribution in [3.05, 3.63) is 120 Å². The van der Waals surface area contributed by atoms with Gasteiger partial charge < -0.3 is 10.6 Å². The largest absolute Gasteiger partial charge is 0.344 e. The Labute approximate surface area is 239 Å². The molecule has 0 saturated carbocycles. The van der Waals surface area contributed by atoms with Gasteiger partial charge in [0.2, 0.25) is 0 Å². The van der Waals surface area contributed by atoms with Gasteiger partial charge in [-0.3, -0.25) is 9.59 Å². The number of fused-ring (bicyclic) bond motifs is 1. The number of aromatic nitrogens is 3. The van der Waals surface area contributed by atoms with Gasteiger partial charge in [0.05, 0.1) is 26.6 Å². The van der Waals surface area contributed by atoms with Crippen LogP contribution in [0.5, 0.6) is 0 Å². The maximum Gasteiger partial charge on any atom is 0.313 e. The fraction of sp³-hybridized carbons (Fsp3) is 0.0323. The molecular weight excluding hydrogens is 542 g/mol. The molecule has 0 atom stereocenters. The molecule has 0 bridgehead atoms. The molecular formula is C31H22ClN5O2S. The Bertz CT molecular complexity index is 1820. The van der Waals surface area contributed by atoms with Gasteiger partial charge in [0.25, 0.3) is 0 Å². The monoisotopic (exact) mass is 563 g/mol. The molecule has 2 aromatic heterocycles. The minimum absolute atomic E-state index is 0.141. The van der Waals surface area contributed by atoms with Gasteiger partial charge in [-0.25, -0.2) is 9.67 Å². The average molecular weight is 564 g/mol. The van der Waals surface area contributed by atoms with Crippen LogP contribution in [0.1, 0.15) is 5.56 Å². The van der Waals surface area contributed by atoms with E-state index in [0.29, 0.717) is 10.7 Å². The predicted octanol–water partition coefficient (Wildman–Crippen LogP) is 6.72. The van der Waals surface area contributed by atoms with Crippen LogP contribution < -0.4 is 10.6 Å². The molecule has 2 N–H and O–H groups in total. The van der Waals surface area contributed by atoms with Crippen molar-refractivity contribution >= 4 is 50.7 Å². The fourth-order valence-electron chi connectivity index (χ4n) is 4.27. The highest BCUT2D eigenvalue weighted by molar-refractivity contribution is 7.22. The summed E-state index contributed by atoms with van der Waals surface area (Å²) in [6.07, 6.45) is 1.86. The zero-order chi connectivity index (χ0) is 27.5. The quantitative estimate of drug-likeness (QED) is 0.220. The molecule has 0 radical (unpaired) electrons. The van der Waals surface area contributed by atoms with Gasteiger partial charge in [-0.1, -0.05) is 66.2 Å². The van der Waals surface area contributed by atoms with Crippen LogP contribution in [0.3, 0.4) is 0 Å². The Hall–Kier alpha value is -4.79. The summed E-state index contributed by atoms with van der Waals surface area (Å²) in [6, 6.07) is 32.3. The molecule has 6 aromatic rings. The van der Waals surface area contributed by atoms with Crippen molar-refractivity contribution in [1.82, 2.24) is 20.1 Å². The first-order chi connectivity index (χ1) is 19.5. The van der Waals surface area contributed by atoms with Gasteiger partial charge in [0, 0.05) is 35.1 Å². The zero-order valence-electron chi connectivity index (χ0n) is 21.0. The second-order valence-electron chi connectivity index (χ2n) is 8.97. The summed E-state index contributed by atoms with van der Waals surface area (Å²) in [5, 5.41) is 11.6. The molecule has 0 spiro atoms. The number of benzene rings is 4. The summed E-state index contributed by atoms with van der Waals surface area (Å²) >= 11 is 7.79. The molecule has 0 aliphatic heterocycles. The summed E-state index contributed by atoms with van der Waals surface area (Å²) in [6.45, 7) is 0.141. The van der Waals surface area contributed by atoms with Crippen LogP contribution in [0.4, 0.5) is 5.69 Å². The van der Waals surface area contributed by atoms with Crippen molar-refractivity contribution < 1.29 is 9.59 Å². The third kappa shape index (κ3) is 5.36. The van der Waals surface area contributed by atoms with Gasteiger partial charge in [-0.15, -0.1) is 11.3 Å². The molecule has 0 fully saturated rings. The third-order valence-electron chi connectivity index (χ3n) is 6.26. The minimum atomic E-state index is -0.753. The molecule has 6 rings (SSSR count). The van der Waals surface area contributed by atoms with Gasteiger partial charge >= 0.3 is 11.8 Å². The molecule has 0 aliphatic rings. The number of rotatable bonds is 6. The lowest BCUT2D eigenvalue weighted by Gasteiger charge is -2.07. The molecule has 40 heavy (non-hydrogen) atoms. The van der Waals surface area contributed by atoms with Crippen molar-refractivity contribution in [2.24, 2.45) is 0 Å². The lowest BCUT2D eigenvalue weighted by Crippen LogP contribution is -2.35. The number of amides is 2. The Balaban J connectivity index is 1.13. The topological polar surface area (TPSA) is 88.9 Å². The van der Waals surface area contributed by atoms with Crippen LogP contribution in [0.25, 0.3) is 37.7 Å². The number of thiazole rings is 1. The van der Waals surface area contributed by atoms with Crippen LogP contribution in [-0.4, -0.2) is 26.6 Å². The van der Waals surface area contributed by atoms with E-state index in [-0.39, 0.29) is 6.54 Å². The Morgan fingerprint density at radius 3 is 2.25 bits per heavy atom. The third-order valence-corrected chi connectivity index (χ3v) is 7.84. The first-order valence-electron chi connectivity index (χ1n) is 12.5. The fourth-order valence-corrected chi connectivity index (χ4v) is 5.53. The number of hydrogen-bond donors (Lipinski definition) is 2. The van der Waals surface area contributed by atoms with E-state index in [9.17, 15) is 9.59 Å². The first kappa shape index (κ1) is 25.5. The number of carbonyl (C=O) groups excluding carboxylic acids is 2. The Kier molecular flexibility index (Phi) is 7.09. The summed E-state index contributed by atoms with van der Waals surface area (Å²) in [5.74, 6) is -1.49. The molecule has 7 nitrogen and oxygen atoms in total. The van der Waals surface area contributed by atoms with E-state index in [1.165, 1.54) is 11.3 Å². The van der Waals surface area contributed by atoms with Crippen molar-refractivity contribution in [3.8, 4) is 27.5 Å². The molecule has 9 heteroatoms. The second-order valence-corrected chi connectivity index (χ2v) is 10.4. The maximum absolute atomic E-state index is 12.7. The normalized spacial score (nSPS) is 10.9. The summed E-state index contributed by atoms with van der Waals surface area (Å²) in [7, 11) is 0. The van der Waals surface area contributed by atoms with Crippen molar-refractivity contribution in [2.75, 3.05) is 5.32 Å². The van der Waals surface area contributed by atoms with Crippen LogP contribution in [-0.2, 0) is 16.1 Å². The number of nitrogens with zero attached hydrogens (tertiary/aromatic N) is 3. The maximum atomic E-state index is 12.7. The number of halogens is 1. The number of para-hydroxylation sites is 1. The highest BCUT2D eigenvalue weighted by Gasteiger charge is 2.17. The molecule has 0 unspecified atom stereocenters. The Morgan fingerprint density at radius 2 is 1.52 bits per heavy atom. The molecule has 0 saturated heterocycles. The summed E-state index contributed by atoms with van der Waals surface area (Å²) in [5.41, 5.74) is 5.57. The van der Waals surface area contributed by atoms with Gasteiger partial charge in [-0.2, -0.15) is 5.10 Å². The van der Waals surface area contributed by atoms with E-state index >= 15 is 0 Å². The average Bonchev–Trinajstić information content (AvgIpc) is 3.63. The number of anilines is 1. The SMILES string of the molecule is O=C(NCc1cn(-c2ccccc2)nc1-c1ccccc1)C(=O)Nc1ccc(-c2nc3cccc(Cl)c3s2)cc1. The molecule has 196 valence electrons. The van der Waals surface area contributed by atoms with Crippen molar-refractivity contribution in [1.29, 1.82) is 0 Å². The van der Waals surface area contributed by atoms with Crippen molar-refractivity contribution in [3.63, 3.8) is 0 Å². The summed E-state index contributed by atoms with van der Waals surface area (Å²) in [4.78, 5) is 30.0. The lowest BCUT2D eigenvalue weighted by atomic mass is 10.1. The highest BCUT2D eigenvalue weighted by atomic mass is 35.5. The van der Waals surface area contributed by atoms with Gasteiger partial charge in [0.15, 0.2) is 0 Å². The lowest BCUT2D eigenvalue weighted by molar-refractivity contribution is -0.136. The van der Waals surface area contributed by atoms with Crippen LogP contribution >= 0.6 is 22.9 Å². The number of nitrogens with one attached hydrogen (secondary N) is 2. The van der Waals surface area contributed by atoms with Crippen LogP contribution in [0, 0.1) is 0 Å². The number of hydrogen-bond acceptors (Lipinski definition) is 5. The van der Waals surface area contributed by atoms with Gasteiger partial charge in [0.1, 0.15) is 5.01 Å². The minimum Gasteiger partial charge on any atom is -0.344 e. The highest BCUT2D eigenvalue weighted by Crippen LogP contribution is 2.34. The van der Waals surface area contributed by atoms with E-state index in [1.54, 1.807) is 16.8 Å². The van der Waals surface area contributed by atoms with E-state index in [0.717, 1.165) is 43.3 Å². The van der Waals surface area contributed by atoms with Crippen molar-refractivity contribution in [2.45, 2.75) is 6.54 Å². The number of carbonyl (C=O) groups is 2. The van der Waals surface area contributed by atoms with E-state index in [2.05, 4.69) is 15.6 Å². The van der Waals surface area contributed by atoms with E-state index in [1.807, 2.05) is 97.2 Å². The standard InChI is InChI=1S/C31H22ClN5O2S/c32-25-12-7-13-26-28(25)40-31(35-26)21-14-16-23(17-15-21)34-30(39)29(38)33-18-22-19-37(24-10-5-2-6-11-24)36-27(22)20-8-3-1-4-9-20/h1-17,19H,18H2,(H,33,38)(H,34,39). The zero-order valence-corrected chi connectivity index (χ0v) is 22.6. The predicted molar refractivity (Wildman–Crippen MR) is 160 cm³/mol. The summed E-state index contributed by atoms with van der Waals surface area (Å²) < 4.78 is 2.70. The molecule has 2 heterocycles. The Morgan fingerprint density at radius 1 is 0.800 bits per heavy atom. The second kappa shape index (κ2) is 11.1. The molecule has 2 amide bonds.